The summed E-state index contributed by atoms with van der Waals surface area (Å²) >= 11 is 6.75. The summed E-state index contributed by atoms with van der Waals surface area (Å²) in [5.74, 6) is -0.191. The highest BCUT2D eigenvalue weighted by Crippen LogP contribution is 2.22. The maximum atomic E-state index is 12.1. The van der Waals surface area contributed by atoms with E-state index in [1.54, 1.807) is 24.3 Å². The minimum Gasteiger partial charge on any atom is -0.333 e. The highest BCUT2D eigenvalue weighted by molar-refractivity contribution is 7.17. The first-order chi connectivity index (χ1) is 8.59. The number of carbonyl (C=O) groups is 1. The number of pyridine rings is 1. The van der Waals surface area contributed by atoms with E-state index in [1.165, 1.54) is 0 Å². The molecule has 0 aliphatic heterocycles. The van der Waals surface area contributed by atoms with E-state index in [2.05, 4.69) is 15.2 Å². The van der Waals surface area contributed by atoms with Gasteiger partial charge in [-0.1, -0.05) is 11.3 Å². The molecule has 0 bridgehead atoms. The molecular formula is C11H11ClN4OS. The van der Waals surface area contributed by atoms with Gasteiger partial charge < -0.3 is 4.90 Å². The molecule has 0 aliphatic rings. The van der Waals surface area contributed by atoms with E-state index in [-0.39, 0.29) is 16.4 Å². The van der Waals surface area contributed by atoms with Crippen molar-refractivity contribution in [1.29, 1.82) is 0 Å². The van der Waals surface area contributed by atoms with E-state index in [9.17, 15) is 4.79 Å². The number of halogens is 1. The average molecular weight is 283 g/mol. The SMILES string of the molecule is CC(c1ccncc1)N(C)C(=O)c1nnc(Cl)s1. The summed E-state index contributed by atoms with van der Waals surface area (Å²) < 4.78 is 0.267. The third-order valence-corrected chi connectivity index (χ3v) is 3.68. The van der Waals surface area contributed by atoms with Gasteiger partial charge >= 0.3 is 0 Å². The standard InChI is InChI=1S/C11H11ClN4OS/c1-7(8-3-5-13-6-4-8)16(2)10(17)9-14-15-11(12)18-9/h3-7H,1-2H3. The van der Waals surface area contributed by atoms with E-state index < -0.39 is 0 Å². The summed E-state index contributed by atoms with van der Waals surface area (Å²) in [6, 6.07) is 3.69. The third kappa shape index (κ3) is 2.65. The molecule has 0 aliphatic carbocycles. The lowest BCUT2D eigenvalue weighted by Crippen LogP contribution is -2.29. The maximum Gasteiger partial charge on any atom is 0.285 e. The van der Waals surface area contributed by atoms with Crippen LogP contribution in [0.15, 0.2) is 24.5 Å². The predicted molar refractivity (Wildman–Crippen MR) is 69.7 cm³/mol. The van der Waals surface area contributed by atoms with Gasteiger partial charge in [0.25, 0.3) is 5.91 Å². The van der Waals surface area contributed by atoms with Gasteiger partial charge in [-0.05, 0) is 36.2 Å². The predicted octanol–water partition coefficient (Wildman–Crippen LogP) is 2.42. The smallest absolute Gasteiger partial charge is 0.285 e. The van der Waals surface area contributed by atoms with Gasteiger partial charge in [-0.15, -0.1) is 10.2 Å². The molecule has 94 valence electrons. The number of amides is 1. The fraction of sp³-hybridized carbons (Fsp3) is 0.273. The summed E-state index contributed by atoms with van der Waals surface area (Å²) in [6.45, 7) is 1.94. The topological polar surface area (TPSA) is 59.0 Å². The van der Waals surface area contributed by atoms with E-state index >= 15 is 0 Å². The lowest BCUT2D eigenvalue weighted by Gasteiger charge is -2.24. The average Bonchev–Trinajstić information content (AvgIpc) is 2.84. The maximum absolute atomic E-state index is 12.1. The lowest BCUT2D eigenvalue weighted by atomic mass is 10.1. The number of nitrogens with zero attached hydrogens (tertiary/aromatic N) is 4. The van der Waals surface area contributed by atoms with E-state index in [1.807, 2.05) is 19.1 Å². The van der Waals surface area contributed by atoms with Crippen LogP contribution in [-0.4, -0.2) is 33.0 Å². The summed E-state index contributed by atoms with van der Waals surface area (Å²) in [4.78, 5) is 17.7. The molecule has 0 N–H and O–H groups in total. The van der Waals surface area contributed by atoms with Crippen LogP contribution >= 0.6 is 22.9 Å². The Labute approximate surface area is 113 Å². The van der Waals surface area contributed by atoms with Crippen molar-refractivity contribution >= 4 is 28.8 Å². The van der Waals surface area contributed by atoms with Crippen molar-refractivity contribution < 1.29 is 4.79 Å². The zero-order valence-electron chi connectivity index (χ0n) is 9.87. The van der Waals surface area contributed by atoms with E-state index in [0.29, 0.717) is 5.01 Å². The first-order valence-corrected chi connectivity index (χ1v) is 6.45. The monoisotopic (exact) mass is 282 g/mol. The van der Waals surface area contributed by atoms with Crippen LogP contribution in [0.25, 0.3) is 0 Å². The Bertz CT molecular complexity index is 545. The van der Waals surface area contributed by atoms with Gasteiger partial charge in [0.2, 0.25) is 9.47 Å². The first kappa shape index (κ1) is 12.9. The van der Waals surface area contributed by atoms with Crippen molar-refractivity contribution in [3.8, 4) is 0 Å². The Morgan fingerprint density at radius 2 is 2.06 bits per heavy atom. The number of carbonyl (C=O) groups excluding carboxylic acids is 1. The second kappa shape index (κ2) is 5.41. The fourth-order valence-electron chi connectivity index (χ4n) is 1.48. The van der Waals surface area contributed by atoms with Crippen LogP contribution in [0.4, 0.5) is 0 Å². The minimum absolute atomic E-state index is 0.0665. The van der Waals surface area contributed by atoms with Crippen LogP contribution in [0.1, 0.15) is 28.3 Å². The Morgan fingerprint density at radius 3 is 2.61 bits per heavy atom. The van der Waals surface area contributed by atoms with Crippen molar-refractivity contribution in [2.75, 3.05) is 7.05 Å². The molecule has 0 saturated carbocycles. The quantitative estimate of drug-likeness (QED) is 0.867. The van der Waals surface area contributed by atoms with Crippen LogP contribution in [0.2, 0.25) is 4.47 Å². The van der Waals surface area contributed by atoms with Gasteiger partial charge in [0.05, 0.1) is 6.04 Å². The molecule has 2 aromatic heterocycles. The summed E-state index contributed by atoms with van der Waals surface area (Å²) in [7, 11) is 1.72. The molecule has 18 heavy (non-hydrogen) atoms. The zero-order valence-corrected chi connectivity index (χ0v) is 11.4. The number of hydrogen-bond donors (Lipinski definition) is 0. The molecule has 2 rings (SSSR count). The molecule has 2 aromatic rings. The fourth-order valence-corrected chi connectivity index (χ4v) is 2.30. The molecule has 5 nitrogen and oxygen atoms in total. The van der Waals surface area contributed by atoms with E-state index in [4.69, 9.17) is 11.6 Å². The molecule has 1 atom stereocenters. The van der Waals surface area contributed by atoms with Gasteiger partial charge in [-0.25, -0.2) is 0 Å². The molecule has 0 radical (unpaired) electrons. The Balaban J connectivity index is 2.16. The van der Waals surface area contributed by atoms with Crippen molar-refractivity contribution in [3.05, 3.63) is 39.6 Å². The van der Waals surface area contributed by atoms with Gasteiger partial charge in [-0.3, -0.25) is 9.78 Å². The second-order valence-corrected chi connectivity index (χ2v) is 5.29. The van der Waals surface area contributed by atoms with Crippen molar-refractivity contribution in [2.24, 2.45) is 0 Å². The Kier molecular flexibility index (Phi) is 3.88. The van der Waals surface area contributed by atoms with Gasteiger partial charge in [0, 0.05) is 19.4 Å². The molecule has 0 saturated heterocycles. The highest BCUT2D eigenvalue weighted by atomic mass is 35.5. The zero-order chi connectivity index (χ0) is 13.1. The molecule has 0 spiro atoms. The van der Waals surface area contributed by atoms with Crippen LogP contribution in [0, 0.1) is 0 Å². The van der Waals surface area contributed by atoms with Crippen LogP contribution in [-0.2, 0) is 0 Å². The molecule has 2 heterocycles. The first-order valence-electron chi connectivity index (χ1n) is 5.25. The Morgan fingerprint density at radius 1 is 1.39 bits per heavy atom. The van der Waals surface area contributed by atoms with Gasteiger partial charge in [-0.2, -0.15) is 0 Å². The summed E-state index contributed by atoms with van der Waals surface area (Å²) in [5, 5.41) is 7.67. The number of hydrogen-bond acceptors (Lipinski definition) is 5. The number of rotatable bonds is 3. The van der Waals surface area contributed by atoms with Crippen LogP contribution < -0.4 is 0 Å². The van der Waals surface area contributed by atoms with Crippen molar-refractivity contribution in [1.82, 2.24) is 20.1 Å². The van der Waals surface area contributed by atoms with Crippen molar-refractivity contribution in [2.45, 2.75) is 13.0 Å². The highest BCUT2D eigenvalue weighted by Gasteiger charge is 2.22. The molecule has 1 unspecified atom stereocenters. The normalized spacial score (nSPS) is 12.2. The lowest BCUT2D eigenvalue weighted by molar-refractivity contribution is 0.0741. The molecule has 0 aromatic carbocycles. The second-order valence-electron chi connectivity index (χ2n) is 3.73. The summed E-state index contributed by atoms with van der Waals surface area (Å²) in [6.07, 6.45) is 3.40. The third-order valence-electron chi connectivity index (χ3n) is 2.67. The van der Waals surface area contributed by atoms with Gasteiger partial charge in [0.15, 0.2) is 0 Å². The molecule has 1 amide bonds. The molecule has 7 heteroatoms. The van der Waals surface area contributed by atoms with E-state index in [0.717, 1.165) is 16.9 Å². The van der Waals surface area contributed by atoms with Crippen LogP contribution in [0.3, 0.4) is 0 Å². The Hall–Kier alpha value is -1.53. The van der Waals surface area contributed by atoms with Crippen molar-refractivity contribution in [3.63, 3.8) is 0 Å². The largest absolute Gasteiger partial charge is 0.333 e. The van der Waals surface area contributed by atoms with Crippen LogP contribution in [0.5, 0.6) is 0 Å². The minimum atomic E-state index is -0.191. The summed E-state index contributed by atoms with van der Waals surface area (Å²) in [5.41, 5.74) is 1.01. The number of aromatic nitrogens is 3. The molecule has 0 fully saturated rings. The van der Waals surface area contributed by atoms with Gasteiger partial charge in [0.1, 0.15) is 0 Å². The molecular weight excluding hydrogens is 272 g/mol.